The molecule has 0 aromatic carbocycles. The third-order valence-electron chi connectivity index (χ3n) is 2.42. The number of aliphatic carboxylic acids is 1. The number of aromatic nitrogens is 2. The molecule has 2 aromatic heterocycles. The Morgan fingerprint density at radius 2 is 2.38 bits per heavy atom. The lowest BCUT2D eigenvalue weighted by atomic mass is 10.2. The fraction of sp³-hybridized carbons (Fsp3) is 0.167. The average Bonchev–Trinajstić information content (AvgIpc) is 2.69. The topological polar surface area (TPSA) is 54.6 Å². The van der Waals surface area contributed by atoms with Crippen molar-refractivity contribution in [3.8, 4) is 0 Å². The zero-order valence-corrected chi connectivity index (χ0v) is 8.92. The number of rotatable bonds is 3. The third kappa shape index (κ3) is 1.82. The van der Waals surface area contributed by atoms with Gasteiger partial charge in [0.1, 0.15) is 5.65 Å². The zero-order valence-electron chi connectivity index (χ0n) is 8.92. The van der Waals surface area contributed by atoms with Crippen molar-refractivity contribution in [2.75, 3.05) is 0 Å². The van der Waals surface area contributed by atoms with Crippen molar-refractivity contribution in [3.05, 3.63) is 41.9 Å². The maximum atomic E-state index is 10.9. The number of nitrogens with zero attached hydrogens (tertiary/aromatic N) is 2. The number of carboxylic acid groups (broad SMARTS) is 1. The maximum Gasteiger partial charge on any atom is 0.331 e. The molecule has 2 rings (SSSR count). The van der Waals surface area contributed by atoms with E-state index in [2.05, 4.69) is 4.98 Å². The third-order valence-corrected chi connectivity index (χ3v) is 2.42. The molecular weight excluding hydrogens is 204 g/mol. The summed E-state index contributed by atoms with van der Waals surface area (Å²) in [6.07, 6.45) is 5.69. The Morgan fingerprint density at radius 3 is 3.06 bits per heavy atom. The van der Waals surface area contributed by atoms with Gasteiger partial charge in [-0.1, -0.05) is 13.0 Å². The molecule has 0 amide bonds. The molecule has 0 saturated heterocycles. The highest BCUT2D eigenvalue weighted by atomic mass is 16.4. The van der Waals surface area contributed by atoms with Gasteiger partial charge in [-0.2, -0.15) is 0 Å². The fourth-order valence-corrected chi connectivity index (χ4v) is 1.55. The first-order valence-electron chi connectivity index (χ1n) is 5.08. The van der Waals surface area contributed by atoms with Gasteiger partial charge in [-0.25, -0.2) is 9.78 Å². The second-order valence-electron chi connectivity index (χ2n) is 3.44. The van der Waals surface area contributed by atoms with E-state index in [0.717, 1.165) is 11.3 Å². The van der Waals surface area contributed by atoms with Crippen molar-refractivity contribution < 1.29 is 9.90 Å². The van der Waals surface area contributed by atoms with Crippen LogP contribution in [0, 0.1) is 0 Å². The van der Waals surface area contributed by atoms with E-state index < -0.39 is 5.97 Å². The van der Waals surface area contributed by atoms with Gasteiger partial charge < -0.3 is 9.51 Å². The molecule has 2 aromatic rings. The smallest absolute Gasteiger partial charge is 0.331 e. The van der Waals surface area contributed by atoms with Crippen LogP contribution in [0.25, 0.3) is 11.7 Å². The predicted octanol–water partition coefficient (Wildman–Crippen LogP) is 2.21. The zero-order chi connectivity index (χ0) is 11.5. The molecule has 4 nitrogen and oxygen atoms in total. The van der Waals surface area contributed by atoms with Crippen molar-refractivity contribution in [1.29, 1.82) is 0 Å². The Bertz CT molecular complexity index is 555. The maximum absolute atomic E-state index is 10.9. The quantitative estimate of drug-likeness (QED) is 0.800. The molecule has 0 unspecified atom stereocenters. The van der Waals surface area contributed by atoms with Crippen LogP contribution >= 0.6 is 0 Å². The summed E-state index contributed by atoms with van der Waals surface area (Å²) in [5.41, 5.74) is 1.98. The number of imidazole rings is 1. The largest absolute Gasteiger partial charge is 0.478 e. The summed E-state index contributed by atoms with van der Waals surface area (Å²) >= 11 is 0. The van der Waals surface area contributed by atoms with Gasteiger partial charge in [0.15, 0.2) is 0 Å². The molecule has 82 valence electrons. The Balaban J connectivity index is 2.52. The van der Waals surface area contributed by atoms with Gasteiger partial charge in [0.25, 0.3) is 0 Å². The first kappa shape index (κ1) is 10.4. The molecule has 0 aliphatic rings. The van der Waals surface area contributed by atoms with E-state index in [1.54, 1.807) is 12.3 Å². The van der Waals surface area contributed by atoms with Crippen molar-refractivity contribution in [3.63, 3.8) is 0 Å². The average molecular weight is 216 g/mol. The molecule has 0 radical (unpaired) electrons. The Kier molecular flexibility index (Phi) is 2.72. The molecule has 4 heteroatoms. The fourth-order valence-electron chi connectivity index (χ4n) is 1.55. The molecule has 0 spiro atoms. The molecule has 0 atom stereocenters. The molecule has 0 bridgehead atoms. The first-order valence-corrected chi connectivity index (χ1v) is 5.08. The second kappa shape index (κ2) is 4.18. The standard InChI is InChI=1S/C12H12N2O2/c1-2-9(12(15)16)7-10-8-13-11-5-3-4-6-14(10)11/h3-8H,2H2,1H3,(H,15,16)/b9-7+. The lowest BCUT2D eigenvalue weighted by molar-refractivity contribution is -0.132. The summed E-state index contributed by atoms with van der Waals surface area (Å²) in [6.45, 7) is 1.82. The lowest BCUT2D eigenvalue weighted by Gasteiger charge is -1.98. The van der Waals surface area contributed by atoms with E-state index in [0.29, 0.717) is 12.0 Å². The number of fused-ring (bicyclic) bond motifs is 1. The van der Waals surface area contributed by atoms with E-state index in [1.165, 1.54) is 0 Å². The monoisotopic (exact) mass is 216 g/mol. The van der Waals surface area contributed by atoms with Crippen LogP contribution in [-0.2, 0) is 4.79 Å². The summed E-state index contributed by atoms with van der Waals surface area (Å²) in [5.74, 6) is -0.881. The molecule has 2 heterocycles. The molecule has 16 heavy (non-hydrogen) atoms. The first-order chi connectivity index (χ1) is 7.72. The summed E-state index contributed by atoms with van der Waals surface area (Å²) in [4.78, 5) is 15.1. The van der Waals surface area contributed by atoms with E-state index in [1.807, 2.05) is 35.7 Å². The predicted molar refractivity (Wildman–Crippen MR) is 61.1 cm³/mol. The molecule has 0 fully saturated rings. The van der Waals surface area contributed by atoms with Crippen molar-refractivity contribution >= 4 is 17.7 Å². The van der Waals surface area contributed by atoms with Crippen LogP contribution in [0.1, 0.15) is 19.0 Å². The van der Waals surface area contributed by atoms with Gasteiger partial charge in [-0.15, -0.1) is 0 Å². The van der Waals surface area contributed by atoms with Gasteiger partial charge in [-0.3, -0.25) is 0 Å². The van der Waals surface area contributed by atoms with Gasteiger partial charge in [-0.05, 0) is 24.6 Å². The second-order valence-corrected chi connectivity index (χ2v) is 3.44. The van der Waals surface area contributed by atoms with Crippen LogP contribution in [0.5, 0.6) is 0 Å². The molecule has 0 aliphatic heterocycles. The number of pyridine rings is 1. The molecule has 0 aliphatic carbocycles. The van der Waals surface area contributed by atoms with Gasteiger partial charge in [0.2, 0.25) is 0 Å². The molecule has 1 N–H and O–H groups in total. The summed E-state index contributed by atoms with van der Waals surface area (Å²) < 4.78 is 1.86. The van der Waals surface area contributed by atoms with Crippen LogP contribution in [0.4, 0.5) is 0 Å². The lowest BCUT2D eigenvalue weighted by Crippen LogP contribution is -1.99. The molecule has 0 saturated carbocycles. The van der Waals surface area contributed by atoms with Crippen molar-refractivity contribution in [1.82, 2.24) is 9.38 Å². The minimum atomic E-state index is -0.881. The Morgan fingerprint density at radius 1 is 1.56 bits per heavy atom. The van der Waals surface area contributed by atoms with E-state index in [4.69, 9.17) is 5.11 Å². The molecular formula is C12H12N2O2. The number of carbonyl (C=O) groups is 1. The van der Waals surface area contributed by atoms with Gasteiger partial charge >= 0.3 is 5.97 Å². The summed E-state index contributed by atoms with van der Waals surface area (Å²) in [5, 5.41) is 8.95. The van der Waals surface area contributed by atoms with Crippen molar-refractivity contribution in [2.45, 2.75) is 13.3 Å². The van der Waals surface area contributed by atoms with E-state index in [-0.39, 0.29) is 0 Å². The minimum absolute atomic E-state index is 0.380. The van der Waals surface area contributed by atoms with Crippen LogP contribution in [0.15, 0.2) is 36.2 Å². The summed E-state index contributed by atoms with van der Waals surface area (Å²) in [6, 6.07) is 5.66. The van der Waals surface area contributed by atoms with Crippen LogP contribution in [0.2, 0.25) is 0 Å². The van der Waals surface area contributed by atoms with Crippen LogP contribution in [-0.4, -0.2) is 20.5 Å². The van der Waals surface area contributed by atoms with Crippen LogP contribution < -0.4 is 0 Å². The highest BCUT2D eigenvalue weighted by molar-refractivity contribution is 5.91. The minimum Gasteiger partial charge on any atom is -0.478 e. The normalized spacial score (nSPS) is 11.9. The highest BCUT2D eigenvalue weighted by Gasteiger charge is 2.06. The van der Waals surface area contributed by atoms with E-state index >= 15 is 0 Å². The van der Waals surface area contributed by atoms with E-state index in [9.17, 15) is 4.79 Å². The summed E-state index contributed by atoms with van der Waals surface area (Å²) in [7, 11) is 0. The number of carboxylic acids is 1. The van der Waals surface area contributed by atoms with Crippen molar-refractivity contribution in [2.24, 2.45) is 0 Å². The number of hydrogen-bond acceptors (Lipinski definition) is 2. The SMILES string of the molecule is CC/C(=C\c1cnc2ccccn12)C(=O)O. The Labute approximate surface area is 92.9 Å². The number of hydrogen-bond donors (Lipinski definition) is 1. The highest BCUT2D eigenvalue weighted by Crippen LogP contribution is 2.12. The Hall–Kier alpha value is -2.10. The van der Waals surface area contributed by atoms with Gasteiger partial charge in [0, 0.05) is 11.8 Å². The van der Waals surface area contributed by atoms with Gasteiger partial charge in [0.05, 0.1) is 11.9 Å². The van der Waals surface area contributed by atoms with Crippen LogP contribution in [0.3, 0.4) is 0 Å².